The van der Waals surface area contributed by atoms with Gasteiger partial charge in [0, 0.05) is 16.6 Å². The smallest absolute Gasteiger partial charge is 0.122 e. The third-order valence-electron chi connectivity index (χ3n) is 5.48. The first-order chi connectivity index (χ1) is 13.0. The highest BCUT2D eigenvalue weighted by Crippen LogP contribution is 2.34. The van der Waals surface area contributed by atoms with Crippen molar-refractivity contribution in [1.82, 2.24) is 0 Å². The molecule has 0 aromatic heterocycles. The van der Waals surface area contributed by atoms with Gasteiger partial charge in [-0.15, -0.1) is 12.4 Å². The van der Waals surface area contributed by atoms with Crippen LogP contribution >= 0.6 is 28.3 Å². The highest BCUT2D eigenvalue weighted by molar-refractivity contribution is 9.10. The van der Waals surface area contributed by atoms with Crippen LogP contribution < -0.4 is 20.9 Å². The number of fused-ring (bicyclic) bond motifs is 2. The van der Waals surface area contributed by atoms with E-state index in [0.29, 0.717) is 12.1 Å². The van der Waals surface area contributed by atoms with Crippen LogP contribution in [0.3, 0.4) is 0 Å². The molecule has 2 aromatic rings. The molecule has 6 heteroatoms. The Kier molecular flexibility index (Phi) is 8.62. The van der Waals surface area contributed by atoms with Crippen molar-refractivity contribution in [3.63, 3.8) is 0 Å². The fourth-order valence-electron chi connectivity index (χ4n) is 4.01. The number of hydrogen-bond acceptors (Lipinski definition) is 4. The Hall–Kier alpha value is -1.27. The topological polar surface area (TPSA) is 70.5 Å². The van der Waals surface area contributed by atoms with E-state index in [4.69, 9.17) is 20.9 Å². The maximum absolute atomic E-state index is 5.95. The van der Waals surface area contributed by atoms with E-state index in [1.165, 1.54) is 22.3 Å². The van der Waals surface area contributed by atoms with Gasteiger partial charge in [0.2, 0.25) is 0 Å². The van der Waals surface area contributed by atoms with Gasteiger partial charge in [0.15, 0.2) is 0 Å². The minimum absolute atomic E-state index is 0. The summed E-state index contributed by atoms with van der Waals surface area (Å²) in [6.45, 7) is 0. The summed E-state index contributed by atoms with van der Waals surface area (Å²) in [5.74, 6) is 2.01. The first-order valence-corrected chi connectivity index (χ1v) is 10.3. The molecule has 0 unspecified atom stereocenters. The molecule has 0 saturated carbocycles. The molecule has 154 valence electrons. The van der Waals surface area contributed by atoms with Crippen molar-refractivity contribution in [3.05, 3.63) is 57.1 Å². The van der Waals surface area contributed by atoms with Gasteiger partial charge in [0.05, 0.1) is 14.2 Å². The average Bonchev–Trinajstić information content (AvgIpc) is 2.68. The molecule has 2 atom stereocenters. The number of ether oxygens (including phenoxy) is 2. The van der Waals surface area contributed by atoms with Crippen LogP contribution in [-0.4, -0.2) is 26.3 Å². The summed E-state index contributed by atoms with van der Waals surface area (Å²) in [6, 6.07) is 10.9. The summed E-state index contributed by atoms with van der Waals surface area (Å²) >= 11 is 3.56. The van der Waals surface area contributed by atoms with Crippen molar-refractivity contribution in [3.8, 4) is 11.5 Å². The van der Waals surface area contributed by atoms with Crippen LogP contribution in [0.1, 0.15) is 35.1 Å². The standard InChI is InChI=1S/C11H14BrNO.C11H15NO.ClH/c1-14-11-5-4-10(12)9-6-7(13)2-3-8(9)11;1-13-11-4-2-3-8-7-9(12)5-6-10(8)11;/h4-5,7H,2-3,6,13H2,1H3;2-4,9H,5-7,12H2,1H3;1H/t7-;9-;/m11./s1. The van der Waals surface area contributed by atoms with Gasteiger partial charge in [-0.2, -0.15) is 0 Å². The number of nitrogens with two attached hydrogens (primary N) is 2. The minimum atomic E-state index is 0. The van der Waals surface area contributed by atoms with Crippen molar-refractivity contribution >= 4 is 28.3 Å². The van der Waals surface area contributed by atoms with E-state index in [1.807, 2.05) is 24.3 Å². The van der Waals surface area contributed by atoms with Gasteiger partial charge in [0.1, 0.15) is 11.5 Å². The van der Waals surface area contributed by atoms with Crippen molar-refractivity contribution in [1.29, 1.82) is 0 Å². The Morgan fingerprint density at radius 2 is 1.43 bits per heavy atom. The Balaban J connectivity index is 0.000000194. The highest BCUT2D eigenvalue weighted by atomic mass is 79.9. The normalized spacial score (nSPS) is 19.9. The second-order valence-corrected chi connectivity index (χ2v) is 8.16. The van der Waals surface area contributed by atoms with Crippen LogP contribution in [0.2, 0.25) is 0 Å². The first-order valence-electron chi connectivity index (χ1n) is 9.53. The van der Waals surface area contributed by atoms with Crippen LogP contribution in [0.4, 0.5) is 0 Å². The number of rotatable bonds is 2. The maximum Gasteiger partial charge on any atom is 0.122 e. The van der Waals surface area contributed by atoms with Gasteiger partial charge in [-0.3, -0.25) is 0 Å². The SMILES string of the molecule is COc1ccc(Br)c2c1CC[C@@H](N)C2.COc1cccc2c1CC[C@@H](N)C2.Cl. The zero-order chi connectivity index (χ0) is 19.4. The molecule has 4 nitrogen and oxygen atoms in total. The minimum Gasteiger partial charge on any atom is -0.496 e. The van der Waals surface area contributed by atoms with Gasteiger partial charge in [-0.1, -0.05) is 28.1 Å². The average molecular weight is 470 g/mol. The van der Waals surface area contributed by atoms with E-state index < -0.39 is 0 Å². The lowest BCUT2D eigenvalue weighted by Gasteiger charge is -2.24. The van der Waals surface area contributed by atoms with E-state index in [9.17, 15) is 0 Å². The lowest BCUT2D eigenvalue weighted by Crippen LogP contribution is -2.28. The molecule has 0 amide bonds. The molecule has 0 radical (unpaired) electrons. The van der Waals surface area contributed by atoms with E-state index in [1.54, 1.807) is 14.2 Å². The van der Waals surface area contributed by atoms with E-state index in [-0.39, 0.29) is 12.4 Å². The Bertz CT molecular complexity index is 800. The third-order valence-corrected chi connectivity index (χ3v) is 6.22. The summed E-state index contributed by atoms with van der Waals surface area (Å²) < 4.78 is 11.8. The predicted molar refractivity (Wildman–Crippen MR) is 121 cm³/mol. The number of methoxy groups -OCH3 is 2. The van der Waals surface area contributed by atoms with Crippen LogP contribution in [0.5, 0.6) is 11.5 Å². The van der Waals surface area contributed by atoms with Crippen molar-refractivity contribution in [2.24, 2.45) is 11.5 Å². The van der Waals surface area contributed by atoms with Crippen molar-refractivity contribution in [2.45, 2.75) is 50.6 Å². The maximum atomic E-state index is 5.95. The summed E-state index contributed by atoms with van der Waals surface area (Å²) in [4.78, 5) is 0. The molecule has 0 spiro atoms. The molecule has 0 aliphatic heterocycles. The second-order valence-electron chi connectivity index (χ2n) is 7.31. The van der Waals surface area contributed by atoms with Crippen molar-refractivity contribution < 1.29 is 9.47 Å². The molecule has 4 rings (SSSR count). The zero-order valence-corrected chi connectivity index (χ0v) is 18.9. The molecule has 0 fully saturated rings. The Morgan fingerprint density at radius 1 is 0.821 bits per heavy atom. The second kappa shape index (κ2) is 10.5. The number of benzene rings is 2. The van der Waals surface area contributed by atoms with Crippen LogP contribution in [0, 0.1) is 0 Å². The number of halogens is 2. The molecule has 4 N–H and O–H groups in total. The molecule has 2 aliphatic carbocycles. The fourth-order valence-corrected chi connectivity index (χ4v) is 4.55. The fraction of sp³-hybridized carbons (Fsp3) is 0.455. The molecule has 2 aliphatic rings. The van der Waals surface area contributed by atoms with Gasteiger partial charge in [0.25, 0.3) is 0 Å². The Morgan fingerprint density at radius 3 is 2.11 bits per heavy atom. The molecular weight excluding hydrogens is 440 g/mol. The van der Waals surface area contributed by atoms with Crippen LogP contribution in [0.25, 0.3) is 0 Å². The predicted octanol–water partition coefficient (Wildman–Crippen LogP) is 4.21. The zero-order valence-electron chi connectivity index (χ0n) is 16.5. The van der Waals surface area contributed by atoms with Crippen LogP contribution in [-0.2, 0) is 25.7 Å². The quantitative estimate of drug-likeness (QED) is 0.691. The van der Waals surface area contributed by atoms with E-state index in [2.05, 4.69) is 22.0 Å². The van der Waals surface area contributed by atoms with Crippen LogP contribution in [0.15, 0.2) is 34.8 Å². The molecular formula is C22H30BrClN2O2. The Labute approximate surface area is 182 Å². The van der Waals surface area contributed by atoms with Gasteiger partial charge in [-0.25, -0.2) is 0 Å². The summed E-state index contributed by atoms with van der Waals surface area (Å²) in [5, 5.41) is 0. The summed E-state index contributed by atoms with van der Waals surface area (Å²) in [5.41, 5.74) is 17.2. The summed E-state index contributed by atoms with van der Waals surface area (Å²) in [6.07, 6.45) is 6.16. The molecule has 2 aromatic carbocycles. The number of hydrogen-bond donors (Lipinski definition) is 2. The lowest BCUT2D eigenvalue weighted by atomic mass is 9.88. The lowest BCUT2D eigenvalue weighted by molar-refractivity contribution is 0.404. The van der Waals surface area contributed by atoms with E-state index >= 15 is 0 Å². The largest absolute Gasteiger partial charge is 0.496 e. The van der Waals surface area contributed by atoms with Gasteiger partial charge < -0.3 is 20.9 Å². The molecule has 28 heavy (non-hydrogen) atoms. The molecule has 0 bridgehead atoms. The van der Waals surface area contributed by atoms with Gasteiger partial charge in [-0.05, 0) is 79.0 Å². The highest BCUT2D eigenvalue weighted by Gasteiger charge is 2.21. The monoisotopic (exact) mass is 468 g/mol. The van der Waals surface area contributed by atoms with E-state index in [0.717, 1.165) is 54.5 Å². The van der Waals surface area contributed by atoms with Crippen molar-refractivity contribution in [2.75, 3.05) is 14.2 Å². The third kappa shape index (κ3) is 5.20. The van der Waals surface area contributed by atoms with Gasteiger partial charge >= 0.3 is 0 Å². The molecule has 0 heterocycles. The summed E-state index contributed by atoms with van der Waals surface area (Å²) in [7, 11) is 3.45. The first kappa shape index (κ1) is 23.0. The molecule has 0 saturated heterocycles.